The molecule has 0 aromatic heterocycles. The summed E-state index contributed by atoms with van der Waals surface area (Å²) < 4.78 is 5.09. The molecule has 7 heteroatoms. The van der Waals surface area contributed by atoms with Crippen molar-refractivity contribution in [3.63, 3.8) is 0 Å². The number of carbonyl (C=O) groups is 3. The van der Waals surface area contributed by atoms with Crippen LogP contribution in [0.15, 0.2) is 11.6 Å². The van der Waals surface area contributed by atoms with E-state index >= 15 is 0 Å². The van der Waals surface area contributed by atoms with Crippen molar-refractivity contribution < 1.29 is 19.1 Å². The summed E-state index contributed by atoms with van der Waals surface area (Å²) in [6.45, 7) is 19.5. The molecule has 0 aliphatic heterocycles. The van der Waals surface area contributed by atoms with Gasteiger partial charge in [-0.2, -0.15) is 0 Å². The highest BCUT2D eigenvalue weighted by atomic mass is 16.5. The Hall–Kier alpha value is -1.89. The summed E-state index contributed by atoms with van der Waals surface area (Å²) in [7, 11) is 3.48. The van der Waals surface area contributed by atoms with Gasteiger partial charge in [0.15, 0.2) is 0 Å². The third kappa shape index (κ3) is 8.57. The Labute approximate surface area is 195 Å². The molecule has 0 bridgehead atoms. The minimum absolute atomic E-state index is 0.0631. The highest BCUT2D eigenvalue weighted by Gasteiger charge is 2.41. The first-order valence-electron chi connectivity index (χ1n) is 11.6. The van der Waals surface area contributed by atoms with Crippen LogP contribution in [0.5, 0.6) is 0 Å². The number of hydrogen-bond acceptors (Lipinski definition) is 5. The first-order valence-corrected chi connectivity index (χ1v) is 11.6. The number of amides is 2. The Morgan fingerprint density at radius 2 is 1.59 bits per heavy atom. The van der Waals surface area contributed by atoms with Crippen molar-refractivity contribution in [1.29, 1.82) is 0 Å². The number of hydrogen-bond donors (Lipinski definition) is 2. The molecule has 32 heavy (non-hydrogen) atoms. The molecular formula is C25H47N3O4. The van der Waals surface area contributed by atoms with Crippen molar-refractivity contribution in [3.05, 3.63) is 11.6 Å². The van der Waals surface area contributed by atoms with Gasteiger partial charge in [-0.05, 0) is 51.5 Å². The van der Waals surface area contributed by atoms with Crippen LogP contribution in [0.4, 0.5) is 0 Å². The minimum Gasteiger partial charge on any atom is -0.463 e. The van der Waals surface area contributed by atoms with E-state index in [1.807, 2.05) is 41.5 Å². The van der Waals surface area contributed by atoms with E-state index in [1.165, 1.54) is 0 Å². The summed E-state index contributed by atoms with van der Waals surface area (Å²) in [6, 6.07) is -1.04. The fourth-order valence-electron chi connectivity index (χ4n) is 3.73. The van der Waals surface area contributed by atoms with Crippen LogP contribution in [-0.2, 0) is 19.1 Å². The van der Waals surface area contributed by atoms with Gasteiger partial charge >= 0.3 is 5.97 Å². The molecule has 0 radical (unpaired) electrons. The number of nitrogens with one attached hydrogen (secondary N) is 2. The summed E-state index contributed by atoms with van der Waals surface area (Å²) in [5.74, 6) is -0.410. The quantitative estimate of drug-likeness (QED) is 0.369. The normalized spacial score (nSPS) is 16.4. The molecule has 2 amide bonds. The zero-order valence-corrected chi connectivity index (χ0v) is 22.4. The summed E-state index contributed by atoms with van der Waals surface area (Å²) >= 11 is 0. The molecule has 0 spiro atoms. The van der Waals surface area contributed by atoms with E-state index in [-0.39, 0.29) is 23.8 Å². The van der Waals surface area contributed by atoms with Crippen LogP contribution >= 0.6 is 0 Å². The van der Waals surface area contributed by atoms with Gasteiger partial charge in [-0.3, -0.25) is 9.59 Å². The zero-order valence-electron chi connectivity index (χ0n) is 22.4. The van der Waals surface area contributed by atoms with Gasteiger partial charge in [0.2, 0.25) is 11.8 Å². The number of rotatable bonds is 11. The van der Waals surface area contributed by atoms with Crippen molar-refractivity contribution in [2.45, 2.75) is 93.3 Å². The fraction of sp³-hybridized carbons (Fsp3) is 0.800. The average Bonchev–Trinajstić information content (AvgIpc) is 2.66. The van der Waals surface area contributed by atoms with E-state index in [2.05, 4.69) is 24.5 Å². The lowest BCUT2D eigenvalue weighted by Crippen LogP contribution is -2.62. The van der Waals surface area contributed by atoms with Crippen LogP contribution < -0.4 is 10.6 Å². The molecule has 0 fully saturated rings. The van der Waals surface area contributed by atoms with Crippen molar-refractivity contribution in [3.8, 4) is 0 Å². The molecule has 2 N–H and O–H groups in total. The van der Waals surface area contributed by atoms with Gasteiger partial charge in [0.05, 0.1) is 18.2 Å². The molecular weight excluding hydrogens is 406 g/mol. The Bertz CT molecular complexity index is 679. The van der Waals surface area contributed by atoms with Crippen LogP contribution in [0.2, 0.25) is 0 Å². The first kappa shape index (κ1) is 30.1. The average molecular weight is 454 g/mol. The monoisotopic (exact) mass is 453 g/mol. The molecule has 1 unspecified atom stereocenters. The molecule has 7 nitrogen and oxygen atoms in total. The molecule has 0 aromatic rings. The third-order valence-electron chi connectivity index (χ3n) is 5.75. The number of likely N-dealkylation sites (N-methyl/N-ethyl adjacent to an activating group) is 2. The van der Waals surface area contributed by atoms with Gasteiger partial charge in [0.25, 0.3) is 0 Å². The van der Waals surface area contributed by atoms with Gasteiger partial charge < -0.3 is 20.3 Å². The predicted octanol–water partition coefficient (Wildman–Crippen LogP) is 3.53. The van der Waals surface area contributed by atoms with E-state index < -0.39 is 23.0 Å². The molecule has 186 valence electrons. The first-order chi connectivity index (χ1) is 14.5. The van der Waals surface area contributed by atoms with Gasteiger partial charge in [0, 0.05) is 12.6 Å². The fourth-order valence-corrected chi connectivity index (χ4v) is 3.73. The van der Waals surface area contributed by atoms with Gasteiger partial charge in [-0.1, -0.05) is 54.5 Å². The topological polar surface area (TPSA) is 87.7 Å². The maximum Gasteiger partial charge on any atom is 0.333 e. The van der Waals surface area contributed by atoms with Crippen LogP contribution in [0.1, 0.15) is 75.7 Å². The van der Waals surface area contributed by atoms with Crippen LogP contribution in [-0.4, -0.2) is 61.0 Å². The SMILES string of the molecule is CCOC(=O)/C(C)=C/[C@H](C(C)C)N(C)C(=O)[C@@H](NC(=O)C(C)(CC(C)C)NC)C(C)(C)C. The van der Waals surface area contributed by atoms with Crippen LogP contribution in [0.3, 0.4) is 0 Å². The molecule has 0 aromatic carbocycles. The number of esters is 1. The molecule has 0 rings (SSSR count). The van der Waals surface area contributed by atoms with Gasteiger partial charge in [0.1, 0.15) is 6.04 Å². The minimum atomic E-state index is -0.783. The summed E-state index contributed by atoms with van der Waals surface area (Å²) in [5.41, 5.74) is -0.829. The van der Waals surface area contributed by atoms with Crippen LogP contribution in [0, 0.1) is 17.3 Å². The van der Waals surface area contributed by atoms with E-state index in [4.69, 9.17) is 4.74 Å². The Morgan fingerprint density at radius 1 is 1.06 bits per heavy atom. The lowest BCUT2D eigenvalue weighted by molar-refractivity contribution is -0.142. The molecule has 0 aliphatic rings. The third-order valence-corrected chi connectivity index (χ3v) is 5.75. The van der Waals surface area contributed by atoms with Gasteiger partial charge in [-0.15, -0.1) is 0 Å². The maximum absolute atomic E-state index is 13.6. The molecule has 3 atom stereocenters. The Kier molecular flexibility index (Phi) is 11.6. The largest absolute Gasteiger partial charge is 0.463 e. The van der Waals surface area contributed by atoms with Gasteiger partial charge in [-0.25, -0.2) is 4.79 Å². The standard InChI is InChI=1S/C25H47N3O4/c1-13-32-22(30)18(6)14-19(17(4)5)28(12)21(29)20(24(7,8)9)27-23(31)25(10,26-11)15-16(2)3/h14,16-17,19-20,26H,13,15H2,1-12H3,(H,27,31)/b18-14+/t19-,20-,25?/m1/s1. The molecule has 0 heterocycles. The summed E-state index contributed by atoms with van der Waals surface area (Å²) in [6.07, 6.45) is 2.42. The van der Waals surface area contributed by atoms with E-state index in [1.54, 1.807) is 38.9 Å². The maximum atomic E-state index is 13.6. The lowest BCUT2D eigenvalue weighted by Gasteiger charge is -2.39. The highest BCUT2D eigenvalue weighted by molar-refractivity contribution is 5.92. The lowest BCUT2D eigenvalue weighted by atomic mass is 9.83. The highest BCUT2D eigenvalue weighted by Crippen LogP contribution is 2.25. The number of carbonyl (C=O) groups excluding carboxylic acids is 3. The second-order valence-corrected chi connectivity index (χ2v) is 10.7. The van der Waals surface area contributed by atoms with E-state index in [0.29, 0.717) is 24.5 Å². The Morgan fingerprint density at radius 3 is 1.97 bits per heavy atom. The molecule has 0 aliphatic carbocycles. The van der Waals surface area contributed by atoms with Crippen molar-refractivity contribution in [2.75, 3.05) is 20.7 Å². The van der Waals surface area contributed by atoms with Crippen molar-refractivity contribution in [1.82, 2.24) is 15.5 Å². The second-order valence-electron chi connectivity index (χ2n) is 10.7. The summed E-state index contributed by atoms with van der Waals surface area (Å²) in [4.78, 5) is 40.6. The number of nitrogens with zero attached hydrogens (tertiary/aromatic N) is 1. The Balaban J connectivity index is 5.96. The second kappa shape index (κ2) is 12.4. The summed E-state index contributed by atoms with van der Waals surface area (Å²) in [5, 5.41) is 6.15. The zero-order chi connectivity index (χ0) is 25.4. The predicted molar refractivity (Wildman–Crippen MR) is 130 cm³/mol. The van der Waals surface area contributed by atoms with Crippen LogP contribution in [0.25, 0.3) is 0 Å². The molecule has 0 saturated heterocycles. The number of ether oxygens (including phenoxy) is 1. The van der Waals surface area contributed by atoms with E-state index in [9.17, 15) is 14.4 Å². The van der Waals surface area contributed by atoms with Crippen molar-refractivity contribution in [2.24, 2.45) is 17.3 Å². The van der Waals surface area contributed by atoms with E-state index in [0.717, 1.165) is 0 Å². The smallest absolute Gasteiger partial charge is 0.333 e. The molecule has 0 saturated carbocycles. The van der Waals surface area contributed by atoms with Crippen molar-refractivity contribution >= 4 is 17.8 Å².